The van der Waals surface area contributed by atoms with Gasteiger partial charge in [0.15, 0.2) is 0 Å². The van der Waals surface area contributed by atoms with Crippen molar-refractivity contribution in [3.63, 3.8) is 0 Å². The molecule has 2 aliphatic heterocycles. The van der Waals surface area contributed by atoms with Crippen LogP contribution in [0.15, 0.2) is 34.6 Å². The third-order valence-electron chi connectivity index (χ3n) is 5.28. The van der Waals surface area contributed by atoms with E-state index in [0.717, 1.165) is 29.0 Å². The molecule has 1 saturated heterocycles. The number of nitrogens with zero attached hydrogens (tertiary/aromatic N) is 4. The van der Waals surface area contributed by atoms with Crippen LogP contribution in [-0.4, -0.2) is 40.6 Å². The predicted molar refractivity (Wildman–Crippen MR) is 95.7 cm³/mol. The molecule has 2 amide bonds. The van der Waals surface area contributed by atoms with Gasteiger partial charge in [0.25, 0.3) is 0 Å². The third-order valence-corrected chi connectivity index (χ3v) is 5.28. The predicted octanol–water partition coefficient (Wildman–Crippen LogP) is 3.50. The number of urea groups is 1. The zero-order valence-corrected chi connectivity index (χ0v) is 15.1. The number of nitriles is 1. The summed E-state index contributed by atoms with van der Waals surface area (Å²) in [5.74, 6) is -1.43. The summed E-state index contributed by atoms with van der Waals surface area (Å²) >= 11 is 0. The summed E-state index contributed by atoms with van der Waals surface area (Å²) < 4.78 is 32.2. The van der Waals surface area contributed by atoms with Gasteiger partial charge in [0.1, 0.15) is 17.9 Å². The van der Waals surface area contributed by atoms with Crippen LogP contribution in [0.3, 0.4) is 0 Å². The fourth-order valence-corrected chi connectivity index (χ4v) is 3.74. The minimum absolute atomic E-state index is 0.0580. The Labute approximate surface area is 160 Å². The number of hydrogen-bond donors (Lipinski definition) is 0. The van der Waals surface area contributed by atoms with Gasteiger partial charge < -0.3 is 14.3 Å². The van der Waals surface area contributed by atoms with Crippen LogP contribution in [0, 0.1) is 23.0 Å². The second-order valence-corrected chi connectivity index (χ2v) is 6.94. The van der Waals surface area contributed by atoms with Gasteiger partial charge in [0.2, 0.25) is 0 Å². The molecule has 2 aliphatic rings. The van der Waals surface area contributed by atoms with Crippen LogP contribution >= 0.6 is 0 Å². The van der Waals surface area contributed by atoms with E-state index in [1.807, 2.05) is 6.07 Å². The summed E-state index contributed by atoms with van der Waals surface area (Å²) in [4.78, 5) is 16.3. The van der Waals surface area contributed by atoms with Gasteiger partial charge in [0, 0.05) is 43.2 Å². The number of halogens is 2. The molecule has 0 bridgehead atoms. The lowest BCUT2D eigenvalue weighted by Gasteiger charge is -2.35. The van der Waals surface area contributed by atoms with Crippen molar-refractivity contribution in [1.29, 1.82) is 5.26 Å². The average molecular weight is 384 g/mol. The molecule has 1 aromatic carbocycles. The van der Waals surface area contributed by atoms with Crippen molar-refractivity contribution in [3.05, 3.63) is 58.5 Å². The molecule has 144 valence electrons. The SMILES string of the molecule is N#CC(=C1CCN(C(=O)N2CCc3nocc3C2)CC1)c1ccc(F)cc1F. The molecule has 3 heterocycles. The van der Waals surface area contributed by atoms with Gasteiger partial charge in [0.05, 0.1) is 23.9 Å². The van der Waals surface area contributed by atoms with Crippen molar-refractivity contribution >= 4 is 11.6 Å². The van der Waals surface area contributed by atoms with Crippen LogP contribution in [0.5, 0.6) is 0 Å². The molecule has 0 atom stereocenters. The molecule has 6 nitrogen and oxygen atoms in total. The van der Waals surface area contributed by atoms with E-state index in [-0.39, 0.29) is 17.2 Å². The van der Waals surface area contributed by atoms with Crippen LogP contribution in [0.2, 0.25) is 0 Å². The minimum atomic E-state index is -0.750. The lowest BCUT2D eigenvalue weighted by Crippen LogP contribution is -2.47. The zero-order chi connectivity index (χ0) is 19.7. The van der Waals surface area contributed by atoms with Gasteiger partial charge in [-0.05, 0) is 30.5 Å². The van der Waals surface area contributed by atoms with Gasteiger partial charge in [-0.15, -0.1) is 0 Å². The van der Waals surface area contributed by atoms with Crippen molar-refractivity contribution < 1.29 is 18.1 Å². The number of carbonyl (C=O) groups is 1. The van der Waals surface area contributed by atoms with E-state index in [0.29, 0.717) is 45.4 Å². The Morgan fingerprint density at radius 2 is 1.89 bits per heavy atom. The fraction of sp³-hybridized carbons (Fsp3) is 0.350. The number of rotatable bonds is 1. The largest absolute Gasteiger partial charge is 0.364 e. The Bertz CT molecular complexity index is 982. The standard InChI is InChI=1S/C20H18F2N4O2/c21-15-1-2-16(18(22)9-15)17(10-23)13-3-6-25(7-4-13)20(27)26-8-5-19-14(11-26)12-28-24-19/h1-2,9,12H,3-8,11H2. The Morgan fingerprint density at radius 1 is 1.14 bits per heavy atom. The minimum Gasteiger partial charge on any atom is -0.364 e. The summed E-state index contributed by atoms with van der Waals surface area (Å²) in [6.45, 7) is 1.97. The topological polar surface area (TPSA) is 73.4 Å². The molecule has 2 aromatic rings. The summed E-state index contributed by atoms with van der Waals surface area (Å²) in [6.07, 6.45) is 3.21. The van der Waals surface area contributed by atoms with Crippen LogP contribution in [-0.2, 0) is 13.0 Å². The molecule has 0 saturated carbocycles. The maximum atomic E-state index is 14.1. The summed E-state index contributed by atoms with van der Waals surface area (Å²) in [5.41, 5.74) is 2.95. The van der Waals surface area contributed by atoms with E-state index in [1.165, 1.54) is 6.07 Å². The highest BCUT2D eigenvalue weighted by Crippen LogP contribution is 2.29. The number of fused-ring (bicyclic) bond motifs is 1. The normalized spacial score (nSPS) is 16.5. The maximum absolute atomic E-state index is 14.1. The molecule has 28 heavy (non-hydrogen) atoms. The molecule has 8 heteroatoms. The van der Waals surface area contributed by atoms with Gasteiger partial charge >= 0.3 is 6.03 Å². The molecule has 1 fully saturated rings. The van der Waals surface area contributed by atoms with Crippen molar-refractivity contribution in [2.45, 2.75) is 25.8 Å². The lowest BCUT2D eigenvalue weighted by molar-refractivity contribution is 0.144. The Hall–Kier alpha value is -3.21. The second kappa shape index (κ2) is 7.43. The fourth-order valence-electron chi connectivity index (χ4n) is 3.74. The van der Waals surface area contributed by atoms with Gasteiger partial charge in [-0.25, -0.2) is 13.6 Å². The molecule has 0 aliphatic carbocycles. The van der Waals surface area contributed by atoms with Gasteiger partial charge in [-0.2, -0.15) is 5.26 Å². The van der Waals surface area contributed by atoms with E-state index in [4.69, 9.17) is 4.52 Å². The van der Waals surface area contributed by atoms with Crippen LogP contribution in [0.25, 0.3) is 5.57 Å². The number of piperidine rings is 1. The molecular formula is C20H18F2N4O2. The first-order valence-electron chi connectivity index (χ1n) is 9.10. The maximum Gasteiger partial charge on any atom is 0.320 e. The smallest absolute Gasteiger partial charge is 0.320 e. The Balaban J connectivity index is 1.46. The molecule has 1 aromatic heterocycles. The number of allylic oxidation sites excluding steroid dienone is 1. The number of aromatic nitrogens is 1. The average Bonchev–Trinajstić information content (AvgIpc) is 3.18. The molecule has 4 rings (SSSR count). The van der Waals surface area contributed by atoms with E-state index in [1.54, 1.807) is 16.1 Å². The van der Waals surface area contributed by atoms with Gasteiger partial charge in [-0.3, -0.25) is 0 Å². The number of amides is 2. The molecule has 0 unspecified atom stereocenters. The summed E-state index contributed by atoms with van der Waals surface area (Å²) in [6, 6.07) is 5.20. The van der Waals surface area contributed by atoms with Crippen molar-refractivity contribution in [2.24, 2.45) is 0 Å². The third kappa shape index (κ3) is 3.36. The first-order valence-corrected chi connectivity index (χ1v) is 9.10. The van der Waals surface area contributed by atoms with Crippen molar-refractivity contribution in [2.75, 3.05) is 19.6 Å². The molecule has 0 spiro atoms. The molecular weight excluding hydrogens is 366 g/mol. The highest BCUT2D eigenvalue weighted by Gasteiger charge is 2.29. The summed E-state index contributed by atoms with van der Waals surface area (Å²) in [5, 5.41) is 13.4. The van der Waals surface area contributed by atoms with Crippen molar-refractivity contribution in [3.8, 4) is 6.07 Å². The molecule has 0 radical (unpaired) electrons. The van der Waals surface area contributed by atoms with E-state index in [2.05, 4.69) is 5.16 Å². The van der Waals surface area contributed by atoms with Crippen LogP contribution in [0.1, 0.15) is 29.7 Å². The first kappa shape index (κ1) is 18.2. The van der Waals surface area contributed by atoms with Gasteiger partial charge in [-0.1, -0.05) is 5.16 Å². The first-order chi connectivity index (χ1) is 13.6. The van der Waals surface area contributed by atoms with Crippen LogP contribution in [0.4, 0.5) is 13.6 Å². The van der Waals surface area contributed by atoms with E-state index < -0.39 is 11.6 Å². The van der Waals surface area contributed by atoms with Crippen molar-refractivity contribution in [1.82, 2.24) is 15.0 Å². The Morgan fingerprint density at radius 3 is 2.61 bits per heavy atom. The van der Waals surface area contributed by atoms with E-state index >= 15 is 0 Å². The Kier molecular flexibility index (Phi) is 4.82. The second-order valence-electron chi connectivity index (χ2n) is 6.94. The number of carbonyl (C=O) groups excluding carboxylic acids is 1. The quantitative estimate of drug-likeness (QED) is 0.706. The van der Waals surface area contributed by atoms with E-state index in [9.17, 15) is 18.8 Å². The number of benzene rings is 1. The zero-order valence-electron chi connectivity index (χ0n) is 15.1. The number of likely N-dealkylation sites (tertiary alicyclic amines) is 1. The number of hydrogen-bond acceptors (Lipinski definition) is 4. The highest BCUT2D eigenvalue weighted by molar-refractivity contribution is 5.80. The van der Waals surface area contributed by atoms with Crippen LogP contribution < -0.4 is 0 Å². The monoisotopic (exact) mass is 384 g/mol. The molecule has 0 N–H and O–H groups in total. The lowest BCUT2D eigenvalue weighted by atomic mass is 9.93. The summed E-state index contributed by atoms with van der Waals surface area (Å²) in [7, 11) is 0. The highest BCUT2D eigenvalue weighted by atomic mass is 19.1.